The van der Waals surface area contributed by atoms with E-state index in [2.05, 4.69) is 6.58 Å². The number of halogens is 3. The molecule has 0 bridgehead atoms. The largest absolute Gasteiger partial charge is 0.484 e. The van der Waals surface area contributed by atoms with Crippen LogP contribution in [0.25, 0.3) is 6.08 Å². The Morgan fingerprint density at radius 3 is 2.44 bits per heavy atom. The number of hydrogen-bond acceptors (Lipinski definition) is 4. The first-order valence-electron chi connectivity index (χ1n) is 8.37. The van der Waals surface area contributed by atoms with Crippen molar-refractivity contribution < 1.29 is 32.2 Å². The lowest BCUT2D eigenvalue weighted by atomic mass is 10.1. The number of rotatable bonds is 8. The minimum absolute atomic E-state index is 0.00709. The molecular formula is C19H26F3NO4. The topological polar surface area (TPSA) is 48.0 Å². The van der Waals surface area contributed by atoms with Crippen LogP contribution in [-0.2, 0) is 16.0 Å². The van der Waals surface area contributed by atoms with E-state index in [1.165, 1.54) is 18.1 Å². The summed E-state index contributed by atoms with van der Waals surface area (Å²) in [4.78, 5) is 13.8. The van der Waals surface area contributed by atoms with E-state index >= 15 is 0 Å². The molecule has 0 unspecified atom stereocenters. The lowest BCUT2D eigenvalue weighted by molar-refractivity contribution is -0.153. The lowest BCUT2D eigenvalue weighted by Crippen LogP contribution is -2.38. The average molecular weight is 389 g/mol. The molecule has 0 N–H and O–H groups in total. The van der Waals surface area contributed by atoms with Crippen molar-refractivity contribution in [1.82, 2.24) is 4.90 Å². The summed E-state index contributed by atoms with van der Waals surface area (Å²) in [5.41, 5.74) is 0.403. The second-order valence-corrected chi connectivity index (χ2v) is 6.87. The van der Waals surface area contributed by atoms with Gasteiger partial charge in [-0.15, -0.1) is 0 Å². The monoisotopic (exact) mass is 389 g/mol. The zero-order chi connectivity index (χ0) is 20.7. The Hall–Kier alpha value is -2.22. The van der Waals surface area contributed by atoms with Gasteiger partial charge in [-0.1, -0.05) is 18.7 Å². The zero-order valence-electron chi connectivity index (χ0n) is 16.1. The Kier molecular flexibility index (Phi) is 8.15. The number of methoxy groups -OCH3 is 1. The minimum atomic E-state index is -4.46. The quantitative estimate of drug-likeness (QED) is 0.649. The number of alkyl halides is 3. The molecule has 0 radical (unpaired) electrons. The van der Waals surface area contributed by atoms with Gasteiger partial charge in [0, 0.05) is 19.2 Å². The first kappa shape index (κ1) is 22.8. The van der Waals surface area contributed by atoms with E-state index < -0.39 is 24.5 Å². The van der Waals surface area contributed by atoms with Gasteiger partial charge in [0.15, 0.2) is 6.61 Å². The standard InChI is InChI=1S/C19H26F3NO4/c1-6-14-7-8-16(26-13-19(20,21)22)15(11-14)12-23(9-10-25-5)17(24)27-18(2,3)4/h6-8,11H,1,9-10,12-13H2,2-5H3. The van der Waals surface area contributed by atoms with Crippen molar-refractivity contribution >= 4 is 12.2 Å². The van der Waals surface area contributed by atoms with Gasteiger partial charge in [-0.2, -0.15) is 13.2 Å². The van der Waals surface area contributed by atoms with Gasteiger partial charge in [-0.05, 0) is 38.5 Å². The molecule has 1 rings (SSSR count). The molecule has 0 aliphatic carbocycles. The summed E-state index contributed by atoms with van der Waals surface area (Å²) in [5, 5.41) is 0. The van der Waals surface area contributed by atoms with Crippen LogP contribution in [0.2, 0.25) is 0 Å². The molecule has 152 valence electrons. The van der Waals surface area contributed by atoms with Gasteiger partial charge in [-0.25, -0.2) is 4.79 Å². The molecule has 0 aromatic heterocycles. The van der Waals surface area contributed by atoms with Crippen LogP contribution >= 0.6 is 0 Å². The Morgan fingerprint density at radius 2 is 1.93 bits per heavy atom. The molecule has 0 fully saturated rings. The molecule has 5 nitrogen and oxygen atoms in total. The maximum Gasteiger partial charge on any atom is 0.422 e. The normalized spacial score (nSPS) is 11.8. The molecule has 1 amide bonds. The van der Waals surface area contributed by atoms with Crippen molar-refractivity contribution in [2.45, 2.75) is 39.1 Å². The van der Waals surface area contributed by atoms with Crippen molar-refractivity contribution in [3.05, 3.63) is 35.9 Å². The zero-order valence-corrected chi connectivity index (χ0v) is 16.1. The lowest BCUT2D eigenvalue weighted by Gasteiger charge is -2.28. The smallest absolute Gasteiger partial charge is 0.422 e. The second-order valence-electron chi connectivity index (χ2n) is 6.87. The Labute approximate surface area is 157 Å². The van der Waals surface area contributed by atoms with Crippen LogP contribution in [0.4, 0.5) is 18.0 Å². The van der Waals surface area contributed by atoms with E-state index in [-0.39, 0.29) is 25.4 Å². The highest BCUT2D eigenvalue weighted by Gasteiger charge is 2.29. The Morgan fingerprint density at radius 1 is 1.26 bits per heavy atom. The molecule has 0 aliphatic rings. The number of carbonyl (C=O) groups is 1. The van der Waals surface area contributed by atoms with Crippen LogP contribution in [-0.4, -0.2) is 49.6 Å². The highest BCUT2D eigenvalue weighted by atomic mass is 19.4. The fourth-order valence-electron chi connectivity index (χ4n) is 2.12. The van der Waals surface area contributed by atoms with Crippen LogP contribution < -0.4 is 4.74 Å². The summed E-state index contributed by atoms with van der Waals surface area (Å²) in [5.74, 6) is 0.0453. The molecule has 8 heteroatoms. The van der Waals surface area contributed by atoms with Gasteiger partial charge in [0.2, 0.25) is 0 Å². The van der Waals surface area contributed by atoms with E-state index in [4.69, 9.17) is 14.2 Å². The summed E-state index contributed by atoms with van der Waals surface area (Å²) in [6, 6.07) is 4.65. The van der Waals surface area contributed by atoms with Gasteiger partial charge in [0.05, 0.1) is 13.2 Å². The Balaban J connectivity index is 3.09. The molecule has 1 aromatic rings. The first-order chi connectivity index (χ1) is 12.4. The molecule has 0 spiro atoms. The van der Waals surface area contributed by atoms with Crippen molar-refractivity contribution in [3.63, 3.8) is 0 Å². The molecule has 0 heterocycles. The molecule has 0 saturated carbocycles. The number of benzene rings is 1. The number of hydrogen-bond donors (Lipinski definition) is 0. The number of amides is 1. The Bertz CT molecular complexity index is 639. The van der Waals surface area contributed by atoms with E-state index in [9.17, 15) is 18.0 Å². The van der Waals surface area contributed by atoms with Crippen molar-refractivity contribution in [2.75, 3.05) is 26.9 Å². The third kappa shape index (κ3) is 8.81. The number of ether oxygens (including phenoxy) is 3. The minimum Gasteiger partial charge on any atom is -0.484 e. The van der Waals surface area contributed by atoms with Crippen molar-refractivity contribution in [1.29, 1.82) is 0 Å². The van der Waals surface area contributed by atoms with Crippen LogP contribution in [0, 0.1) is 0 Å². The van der Waals surface area contributed by atoms with E-state index in [1.807, 2.05) is 0 Å². The summed E-state index contributed by atoms with van der Waals surface area (Å²) < 4.78 is 52.9. The third-order valence-corrected chi connectivity index (χ3v) is 3.29. The van der Waals surface area contributed by atoms with Gasteiger partial charge < -0.3 is 19.1 Å². The average Bonchev–Trinajstić information content (AvgIpc) is 2.54. The molecule has 0 atom stereocenters. The fraction of sp³-hybridized carbons (Fsp3) is 0.526. The molecule has 27 heavy (non-hydrogen) atoms. The van der Waals surface area contributed by atoms with Crippen LogP contribution in [0.3, 0.4) is 0 Å². The van der Waals surface area contributed by atoms with Crippen molar-refractivity contribution in [3.8, 4) is 5.75 Å². The fourth-order valence-corrected chi connectivity index (χ4v) is 2.12. The maximum absolute atomic E-state index is 12.5. The predicted molar refractivity (Wildman–Crippen MR) is 96.6 cm³/mol. The van der Waals surface area contributed by atoms with Gasteiger partial charge in [0.25, 0.3) is 0 Å². The van der Waals surface area contributed by atoms with Gasteiger partial charge in [-0.3, -0.25) is 0 Å². The first-order valence-corrected chi connectivity index (χ1v) is 8.37. The third-order valence-electron chi connectivity index (χ3n) is 3.29. The van der Waals surface area contributed by atoms with Gasteiger partial charge >= 0.3 is 12.3 Å². The van der Waals surface area contributed by atoms with E-state index in [1.54, 1.807) is 39.0 Å². The summed E-state index contributed by atoms with van der Waals surface area (Å²) >= 11 is 0. The summed E-state index contributed by atoms with van der Waals surface area (Å²) in [7, 11) is 1.49. The second kappa shape index (κ2) is 9.64. The van der Waals surface area contributed by atoms with E-state index in [0.29, 0.717) is 11.1 Å². The highest BCUT2D eigenvalue weighted by Crippen LogP contribution is 2.26. The SMILES string of the molecule is C=Cc1ccc(OCC(F)(F)F)c(CN(CCOC)C(=O)OC(C)(C)C)c1. The van der Waals surface area contributed by atoms with Crippen LogP contribution in [0.5, 0.6) is 5.75 Å². The van der Waals surface area contributed by atoms with Crippen LogP contribution in [0.1, 0.15) is 31.9 Å². The van der Waals surface area contributed by atoms with E-state index in [0.717, 1.165) is 0 Å². The summed E-state index contributed by atoms with van der Waals surface area (Å²) in [6.45, 7) is 7.90. The molecular weight excluding hydrogens is 363 g/mol. The number of carbonyl (C=O) groups excluding carboxylic acids is 1. The number of nitrogens with zero attached hydrogens (tertiary/aromatic N) is 1. The summed E-state index contributed by atoms with van der Waals surface area (Å²) in [6.07, 6.45) is -3.50. The van der Waals surface area contributed by atoms with Crippen molar-refractivity contribution in [2.24, 2.45) is 0 Å². The molecule has 0 saturated heterocycles. The van der Waals surface area contributed by atoms with Gasteiger partial charge in [0.1, 0.15) is 11.4 Å². The molecule has 1 aromatic carbocycles. The maximum atomic E-state index is 12.5. The highest BCUT2D eigenvalue weighted by molar-refractivity contribution is 5.68. The molecule has 0 aliphatic heterocycles. The predicted octanol–water partition coefficient (Wildman–Crippen LogP) is 4.65. The van der Waals surface area contributed by atoms with Crippen LogP contribution in [0.15, 0.2) is 24.8 Å².